The lowest BCUT2D eigenvalue weighted by atomic mass is 9.90. The van der Waals surface area contributed by atoms with Crippen molar-refractivity contribution < 1.29 is 43.3 Å². The van der Waals surface area contributed by atoms with Crippen LogP contribution in [0.3, 0.4) is 0 Å². The predicted octanol–water partition coefficient (Wildman–Crippen LogP) is 6.66. The molecular formula is C49H79N9O9S2. The highest BCUT2D eigenvalue weighted by Crippen LogP contribution is 2.40. The van der Waals surface area contributed by atoms with Gasteiger partial charge in [-0.2, -0.15) is 0 Å². The van der Waals surface area contributed by atoms with Crippen LogP contribution in [0.5, 0.6) is 0 Å². The second kappa shape index (κ2) is 28.4. The van der Waals surface area contributed by atoms with Crippen LogP contribution in [0.25, 0.3) is 11.3 Å². The summed E-state index contributed by atoms with van der Waals surface area (Å²) in [6.07, 6.45) is 3.50. The van der Waals surface area contributed by atoms with Crippen LogP contribution >= 0.6 is 21.6 Å². The van der Waals surface area contributed by atoms with Crippen molar-refractivity contribution in [2.45, 2.75) is 154 Å². The summed E-state index contributed by atoms with van der Waals surface area (Å²) in [6.45, 7) is 19.4. The minimum Gasteiger partial charge on any atom is -0.448 e. The number of H-pyrrole nitrogens is 1. The number of ether oxygens (including phenoxy) is 3. The number of aliphatic hydroxyl groups is 1. The summed E-state index contributed by atoms with van der Waals surface area (Å²) in [6, 6.07) is 6.70. The van der Waals surface area contributed by atoms with Crippen LogP contribution in [0.15, 0.2) is 47.9 Å². The molecule has 20 heteroatoms. The molecule has 386 valence electrons. The number of nitrogens with zero attached hydrogens (tertiary/aromatic N) is 6. The summed E-state index contributed by atoms with van der Waals surface area (Å²) in [7, 11) is 9.02. The number of amides is 5. The zero-order valence-electron chi connectivity index (χ0n) is 43.2. The molecule has 1 aliphatic heterocycles. The number of likely N-dealkylation sites (N-methyl/N-ethyl adjacent to an activating group) is 2. The Morgan fingerprint density at radius 3 is 2.20 bits per heavy atom. The van der Waals surface area contributed by atoms with Crippen LogP contribution in [0, 0.1) is 17.8 Å². The monoisotopic (exact) mass is 1000 g/mol. The van der Waals surface area contributed by atoms with Crippen LogP contribution in [-0.4, -0.2) is 159 Å². The van der Waals surface area contributed by atoms with Gasteiger partial charge in [0.05, 0.1) is 60.1 Å². The first-order chi connectivity index (χ1) is 32.7. The van der Waals surface area contributed by atoms with Gasteiger partial charge in [0.15, 0.2) is 16.5 Å². The van der Waals surface area contributed by atoms with Crippen LogP contribution in [-0.2, 0) is 33.4 Å². The molecule has 0 bridgehead atoms. The number of hydrogen-bond donors (Lipinski definition) is 4. The number of imidazole rings is 1. The Hall–Kier alpha value is -4.50. The van der Waals surface area contributed by atoms with Gasteiger partial charge in [-0.15, -0.1) is 0 Å². The van der Waals surface area contributed by atoms with Gasteiger partial charge in [0, 0.05) is 47.3 Å². The lowest BCUT2D eigenvalue weighted by Gasteiger charge is -2.39. The van der Waals surface area contributed by atoms with Crippen molar-refractivity contribution in [2.24, 2.45) is 17.8 Å². The normalized spacial score (nSPS) is 17.3. The molecule has 1 saturated heterocycles. The SMILES string of the molecule is CCC.CCC(C)C(C(CC(=O)N1CCCC1C(OC)C(C)C(=O)NC(C)C(O)c1ccccc1)OC)N(C)C(=O)CNC(=O)C(C(C)C)N(C)C(=O)OCC(C)(C)SSc1nc2nccnc2[nH]1. The number of benzene rings is 1. The molecule has 1 aliphatic rings. The number of carbonyl (C=O) groups is 5. The molecule has 9 atom stereocenters. The molecule has 3 aromatic rings. The fourth-order valence-corrected chi connectivity index (χ4v) is 10.4. The van der Waals surface area contributed by atoms with E-state index in [4.69, 9.17) is 14.2 Å². The van der Waals surface area contributed by atoms with Crippen molar-refractivity contribution in [3.8, 4) is 0 Å². The Morgan fingerprint density at radius 1 is 0.957 bits per heavy atom. The predicted molar refractivity (Wildman–Crippen MR) is 271 cm³/mol. The molecule has 0 spiro atoms. The first kappa shape index (κ1) is 58.8. The molecule has 4 rings (SSSR count). The van der Waals surface area contributed by atoms with Gasteiger partial charge in [-0.1, -0.05) is 102 Å². The Kier molecular flexibility index (Phi) is 24.2. The molecule has 0 aliphatic carbocycles. The molecule has 9 unspecified atom stereocenters. The van der Waals surface area contributed by atoms with E-state index in [2.05, 4.69) is 44.4 Å². The summed E-state index contributed by atoms with van der Waals surface area (Å²) < 4.78 is 17.1. The standard InChI is InChI=1S/C46H71N9O9S2.C3H8/c1-13-28(4)37(33(62-11)24-34(56)55-23-17-20-32(55)39(63-12)29(5)42(59)50-30(6)38(58)31-18-15-14-16-19-31)53(9)35(57)25-49-43(60)36(27(2)3)54(10)45(61)64-26-46(7,8)66-65-44-51-40-41(52-44)48-22-21-47-40;1-3-2/h14-16,18-19,21-22,27-30,32-33,36-39,58H,13,17,20,23-26H2,1-12H3,(H,49,60)(H,50,59)(H,47,48,51,52);3H2,1-2H3. The number of hydrogen-bond acceptors (Lipinski definition) is 14. The van der Waals surface area contributed by atoms with Gasteiger partial charge in [0.1, 0.15) is 12.6 Å². The Balaban J connectivity index is 0.00000409. The number of aliphatic hydroxyl groups excluding tert-OH is 1. The molecule has 4 N–H and O–H groups in total. The molecule has 0 radical (unpaired) electrons. The van der Waals surface area contributed by atoms with E-state index in [0.717, 1.165) is 6.42 Å². The third kappa shape index (κ3) is 16.8. The van der Waals surface area contributed by atoms with Crippen molar-refractivity contribution in [1.29, 1.82) is 0 Å². The van der Waals surface area contributed by atoms with Gasteiger partial charge < -0.3 is 44.7 Å². The minimum atomic E-state index is -0.937. The second-order valence-corrected chi connectivity index (χ2v) is 21.6. The van der Waals surface area contributed by atoms with Crippen molar-refractivity contribution in [2.75, 3.05) is 48.0 Å². The third-order valence-corrected chi connectivity index (χ3v) is 15.4. The average Bonchev–Trinajstić information content (AvgIpc) is 3.99. The van der Waals surface area contributed by atoms with E-state index in [1.807, 2.05) is 59.7 Å². The van der Waals surface area contributed by atoms with Crippen molar-refractivity contribution in [1.82, 2.24) is 45.3 Å². The molecule has 1 aromatic carbocycles. The summed E-state index contributed by atoms with van der Waals surface area (Å²) in [5.74, 6) is -2.45. The Labute approximate surface area is 417 Å². The second-order valence-electron chi connectivity index (χ2n) is 18.8. The highest BCUT2D eigenvalue weighted by molar-refractivity contribution is 8.77. The van der Waals surface area contributed by atoms with E-state index in [1.165, 1.54) is 59.1 Å². The third-order valence-electron chi connectivity index (χ3n) is 12.3. The van der Waals surface area contributed by atoms with Gasteiger partial charge in [0.25, 0.3) is 0 Å². The first-order valence-corrected chi connectivity index (χ1v) is 26.1. The van der Waals surface area contributed by atoms with E-state index in [-0.39, 0.29) is 49.3 Å². The number of rotatable bonds is 24. The van der Waals surface area contributed by atoms with Crippen LogP contribution in [0.1, 0.15) is 113 Å². The van der Waals surface area contributed by atoms with Crippen molar-refractivity contribution >= 4 is 62.6 Å². The van der Waals surface area contributed by atoms with Crippen LogP contribution in [0.4, 0.5) is 4.79 Å². The van der Waals surface area contributed by atoms with Gasteiger partial charge in [-0.3, -0.25) is 24.1 Å². The highest BCUT2D eigenvalue weighted by Gasteiger charge is 2.42. The number of nitrogens with one attached hydrogen (secondary N) is 3. The number of likely N-dealkylation sites (tertiary alicyclic amines) is 1. The number of aromatic nitrogens is 4. The molecular weight excluding hydrogens is 923 g/mol. The lowest BCUT2D eigenvalue weighted by molar-refractivity contribution is -0.146. The maximum atomic E-state index is 14.2. The number of methoxy groups -OCH3 is 2. The summed E-state index contributed by atoms with van der Waals surface area (Å²) in [4.78, 5) is 89.1. The Morgan fingerprint density at radius 2 is 1.61 bits per heavy atom. The largest absolute Gasteiger partial charge is 0.448 e. The molecule has 69 heavy (non-hydrogen) atoms. The number of carbonyl (C=O) groups excluding carboxylic acids is 5. The van der Waals surface area contributed by atoms with Gasteiger partial charge in [-0.05, 0) is 61.8 Å². The van der Waals surface area contributed by atoms with E-state index in [9.17, 15) is 29.1 Å². The average molecular weight is 1000 g/mol. The number of fused-ring (bicyclic) bond motifs is 1. The molecule has 2 aromatic heterocycles. The van der Waals surface area contributed by atoms with Crippen LogP contribution < -0.4 is 10.6 Å². The zero-order chi connectivity index (χ0) is 51.6. The zero-order valence-corrected chi connectivity index (χ0v) is 44.8. The highest BCUT2D eigenvalue weighted by atomic mass is 33.1. The van der Waals surface area contributed by atoms with E-state index in [1.54, 1.807) is 50.3 Å². The molecule has 0 saturated carbocycles. The van der Waals surface area contributed by atoms with E-state index >= 15 is 0 Å². The fraction of sp³-hybridized carbons (Fsp3) is 0.673. The van der Waals surface area contributed by atoms with Gasteiger partial charge in [0.2, 0.25) is 23.6 Å². The molecule has 18 nitrogen and oxygen atoms in total. The summed E-state index contributed by atoms with van der Waals surface area (Å²) in [5.41, 5.74) is 1.77. The van der Waals surface area contributed by atoms with Crippen molar-refractivity contribution in [3.63, 3.8) is 0 Å². The van der Waals surface area contributed by atoms with Gasteiger partial charge in [-0.25, -0.2) is 19.7 Å². The topological polar surface area (TPSA) is 222 Å². The maximum absolute atomic E-state index is 14.2. The maximum Gasteiger partial charge on any atom is 0.410 e. The van der Waals surface area contributed by atoms with Crippen LogP contribution in [0.2, 0.25) is 0 Å². The quantitative estimate of drug-likeness (QED) is 0.0690. The molecule has 3 heterocycles. The minimum absolute atomic E-state index is 0.0332. The smallest absolute Gasteiger partial charge is 0.410 e. The van der Waals surface area contributed by atoms with Gasteiger partial charge >= 0.3 is 6.09 Å². The van der Waals surface area contributed by atoms with E-state index in [0.29, 0.717) is 41.4 Å². The first-order valence-electron chi connectivity index (χ1n) is 24.0. The molecule has 1 fully saturated rings. The molecule has 5 amide bonds. The Bertz CT molecular complexity index is 2050. The van der Waals surface area contributed by atoms with E-state index < -0.39 is 65.0 Å². The lowest BCUT2D eigenvalue weighted by Crippen LogP contribution is -2.56. The number of aromatic amines is 1. The van der Waals surface area contributed by atoms with Crippen molar-refractivity contribution in [3.05, 3.63) is 48.3 Å². The summed E-state index contributed by atoms with van der Waals surface area (Å²) >= 11 is 0. The summed E-state index contributed by atoms with van der Waals surface area (Å²) in [5, 5.41) is 17.2. The fourth-order valence-electron chi connectivity index (χ4n) is 8.41.